The van der Waals surface area contributed by atoms with Gasteiger partial charge in [-0.05, 0) is 56.0 Å². The Morgan fingerprint density at radius 3 is 2.65 bits per heavy atom. The molecule has 2 N–H and O–H groups in total. The standard InChI is InChI=1S/C15H21BrClNO2/c16-12-1-2-13(14(17)9-12)15(20)5-8-18-6-3-11(10-19)4-7-18/h1-2,9,11,15,19-20H,3-8,10H2. The van der Waals surface area contributed by atoms with Crippen LogP contribution in [0.1, 0.15) is 30.9 Å². The van der Waals surface area contributed by atoms with Gasteiger partial charge in [-0.2, -0.15) is 0 Å². The molecule has 0 radical (unpaired) electrons. The van der Waals surface area contributed by atoms with Gasteiger partial charge in [-0.15, -0.1) is 0 Å². The van der Waals surface area contributed by atoms with E-state index in [4.69, 9.17) is 16.7 Å². The first-order valence-electron chi connectivity index (χ1n) is 7.06. The molecule has 1 aliphatic heterocycles. The van der Waals surface area contributed by atoms with E-state index < -0.39 is 6.10 Å². The summed E-state index contributed by atoms with van der Waals surface area (Å²) < 4.78 is 0.921. The Balaban J connectivity index is 1.82. The third kappa shape index (κ3) is 4.43. The first kappa shape index (κ1) is 16.2. The van der Waals surface area contributed by atoms with Crippen molar-refractivity contribution in [1.82, 2.24) is 4.90 Å². The molecule has 1 unspecified atom stereocenters. The molecule has 1 aliphatic rings. The molecule has 1 saturated heterocycles. The Morgan fingerprint density at radius 2 is 2.05 bits per heavy atom. The zero-order valence-corrected chi connectivity index (χ0v) is 13.8. The second kappa shape index (κ2) is 7.76. The molecule has 0 aliphatic carbocycles. The lowest BCUT2D eigenvalue weighted by atomic mass is 9.97. The van der Waals surface area contributed by atoms with Gasteiger partial charge in [0.1, 0.15) is 0 Å². The van der Waals surface area contributed by atoms with Crippen LogP contribution in [0.15, 0.2) is 22.7 Å². The molecule has 0 spiro atoms. The zero-order valence-electron chi connectivity index (χ0n) is 11.4. The Kier molecular flexibility index (Phi) is 6.30. The number of rotatable bonds is 5. The fourth-order valence-electron chi connectivity index (χ4n) is 2.62. The van der Waals surface area contributed by atoms with Crippen molar-refractivity contribution in [3.8, 4) is 0 Å². The average Bonchev–Trinajstić information content (AvgIpc) is 2.45. The number of likely N-dealkylation sites (tertiary alicyclic amines) is 1. The molecule has 0 amide bonds. The fourth-order valence-corrected chi connectivity index (χ4v) is 3.42. The van der Waals surface area contributed by atoms with E-state index in [0.29, 0.717) is 24.0 Å². The van der Waals surface area contributed by atoms with Gasteiger partial charge in [0, 0.05) is 22.6 Å². The van der Waals surface area contributed by atoms with Crippen molar-refractivity contribution in [3.05, 3.63) is 33.3 Å². The highest BCUT2D eigenvalue weighted by molar-refractivity contribution is 9.10. The summed E-state index contributed by atoms with van der Waals surface area (Å²) in [6.45, 7) is 3.18. The summed E-state index contributed by atoms with van der Waals surface area (Å²) in [6, 6.07) is 5.58. The minimum atomic E-state index is -0.522. The summed E-state index contributed by atoms with van der Waals surface area (Å²) >= 11 is 9.52. The number of nitrogens with zero attached hydrogens (tertiary/aromatic N) is 1. The lowest BCUT2D eigenvalue weighted by molar-refractivity contribution is 0.105. The van der Waals surface area contributed by atoms with Gasteiger partial charge in [0.05, 0.1) is 6.10 Å². The summed E-state index contributed by atoms with van der Waals surface area (Å²) in [5.41, 5.74) is 0.792. The monoisotopic (exact) mass is 361 g/mol. The van der Waals surface area contributed by atoms with Gasteiger partial charge in [-0.1, -0.05) is 33.6 Å². The van der Waals surface area contributed by atoms with E-state index >= 15 is 0 Å². The molecule has 1 aromatic carbocycles. The maximum absolute atomic E-state index is 10.3. The lowest BCUT2D eigenvalue weighted by Crippen LogP contribution is -2.35. The smallest absolute Gasteiger partial charge is 0.0816 e. The van der Waals surface area contributed by atoms with Gasteiger partial charge in [-0.25, -0.2) is 0 Å². The van der Waals surface area contributed by atoms with E-state index in [9.17, 15) is 5.11 Å². The number of aliphatic hydroxyl groups is 2. The highest BCUT2D eigenvalue weighted by Crippen LogP contribution is 2.28. The van der Waals surface area contributed by atoms with E-state index in [-0.39, 0.29) is 0 Å². The van der Waals surface area contributed by atoms with Crippen molar-refractivity contribution in [1.29, 1.82) is 0 Å². The molecule has 1 atom stereocenters. The second-order valence-corrected chi connectivity index (χ2v) is 6.76. The summed E-state index contributed by atoms with van der Waals surface area (Å²) in [4.78, 5) is 2.35. The van der Waals surface area contributed by atoms with Crippen LogP contribution in [0.25, 0.3) is 0 Å². The van der Waals surface area contributed by atoms with Crippen LogP contribution in [0.5, 0.6) is 0 Å². The Morgan fingerprint density at radius 1 is 1.35 bits per heavy atom. The van der Waals surface area contributed by atoms with Crippen molar-refractivity contribution in [2.24, 2.45) is 5.92 Å². The van der Waals surface area contributed by atoms with Crippen LogP contribution < -0.4 is 0 Å². The van der Waals surface area contributed by atoms with Crippen molar-refractivity contribution in [2.45, 2.75) is 25.4 Å². The lowest BCUT2D eigenvalue weighted by Gasteiger charge is -2.31. The van der Waals surface area contributed by atoms with E-state index in [1.807, 2.05) is 18.2 Å². The summed E-state index contributed by atoms with van der Waals surface area (Å²) in [5, 5.41) is 20.0. The Hall–Kier alpha value is -0.130. The van der Waals surface area contributed by atoms with Crippen LogP contribution in [0.4, 0.5) is 0 Å². The molecule has 0 aromatic heterocycles. The maximum Gasteiger partial charge on any atom is 0.0816 e. The highest BCUT2D eigenvalue weighted by Gasteiger charge is 2.19. The van der Waals surface area contributed by atoms with Crippen LogP contribution in [0.2, 0.25) is 5.02 Å². The Labute approximate surface area is 133 Å². The molecule has 1 fully saturated rings. The number of halogens is 2. The van der Waals surface area contributed by atoms with Crippen LogP contribution in [0, 0.1) is 5.92 Å². The minimum Gasteiger partial charge on any atom is -0.396 e. The van der Waals surface area contributed by atoms with E-state index in [1.54, 1.807) is 0 Å². The molecular formula is C15H21BrClNO2. The topological polar surface area (TPSA) is 43.7 Å². The van der Waals surface area contributed by atoms with E-state index in [0.717, 1.165) is 42.5 Å². The highest BCUT2D eigenvalue weighted by atomic mass is 79.9. The van der Waals surface area contributed by atoms with E-state index in [1.165, 1.54) is 0 Å². The van der Waals surface area contributed by atoms with Crippen LogP contribution in [-0.2, 0) is 0 Å². The zero-order chi connectivity index (χ0) is 14.5. The Bertz CT molecular complexity index is 436. The number of benzene rings is 1. The summed E-state index contributed by atoms with van der Waals surface area (Å²) in [6.07, 6.45) is 2.26. The molecule has 2 rings (SSSR count). The van der Waals surface area contributed by atoms with Gasteiger partial charge in [0.15, 0.2) is 0 Å². The molecule has 1 aromatic rings. The molecular weight excluding hydrogens is 342 g/mol. The number of aliphatic hydroxyl groups excluding tert-OH is 2. The largest absolute Gasteiger partial charge is 0.396 e. The van der Waals surface area contributed by atoms with Gasteiger partial charge < -0.3 is 15.1 Å². The summed E-state index contributed by atoms with van der Waals surface area (Å²) in [5.74, 6) is 0.456. The first-order chi connectivity index (χ1) is 9.60. The van der Waals surface area contributed by atoms with Crippen molar-refractivity contribution in [2.75, 3.05) is 26.2 Å². The first-order valence-corrected chi connectivity index (χ1v) is 8.23. The fraction of sp³-hybridized carbons (Fsp3) is 0.600. The molecule has 0 saturated carbocycles. The molecule has 1 heterocycles. The molecule has 3 nitrogen and oxygen atoms in total. The summed E-state index contributed by atoms with van der Waals surface area (Å²) in [7, 11) is 0. The second-order valence-electron chi connectivity index (χ2n) is 5.44. The van der Waals surface area contributed by atoms with Crippen LogP contribution in [-0.4, -0.2) is 41.4 Å². The number of piperidine rings is 1. The molecule has 5 heteroatoms. The SMILES string of the molecule is OCC1CCN(CCC(O)c2ccc(Br)cc2Cl)CC1. The normalized spacial score (nSPS) is 19.2. The quantitative estimate of drug-likeness (QED) is 0.845. The molecule has 0 bridgehead atoms. The average molecular weight is 363 g/mol. The molecule has 112 valence electrons. The van der Waals surface area contributed by atoms with Crippen LogP contribution in [0.3, 0.4) is 0 Å². The van der Waals surface area contributed by atoms with E-state index in [2.05, 4.69) is 20.8 Å². The van der Waals surface area contributed by atoms with Crippen molar-refractivity contribution < 1.29 is 10.2 Å². The third-order valence-corrected chi connectivity index (χ3v) is 4.83. The third-order valence-electron chi connectivity index (χ3n) is 4.01. The maximum atomic E-state index is 10.3. The number of hydrogen-bond donors (Lipinski definition) is 2. The number of hydrogen-bond acceptors (Lipinski definition) is 3. The van der Waals surface area contributed by atoms with Gasteiger partial charge in [-0.3, -0.25) is 0 Å². The van der Waals surface area contributed by atoms with Crippen molar-refractivity contribution in [3.63, 3.8) is 0 Å². The molecule has 20 heavy (non-hydrogen) atoms. The van der Waals surface area contributed by atoms with Gasteiger partial charge in [0.2, 0.25) is 0 Å². The predicted octanol–water partition coefficient (Wildman–Crippen LogP) is 3.23. The predicted molar refractivity (Wildman–Crippen MR) is 85.0 cm³/mol. The minimum absolute atomic E-state index is 0.297. The van der Waals surface area contributed by atoms with Gasteiger partial charge in [0.25, 0.3) is 0 Å². The van der Waals surface area contributed by atoms with Gasteiger partial charge >= 0.3 is 0 Å². The van der Waals surface area contributed by atoms with Crippen LogP contribution >= 0.6 is 27.5 Å². The van der Waals surface area contributed by atoms with Crippen molar-refractivity contribution >= 4 is 27.5 Å².